The Balaban J connectivity index is 1.35. The number of thiazole rings is 1. The topological polar surface area (TPSA) is 96.5 Å². The van der Waals surface area contributed by atoms with Gasteiger partial charge in [-0.2, -0.15) is 0 Å². The van der Waals surface area contributed by atoms with E-state index >= 15 is 0 Å². The third-order valence-electron chi connectivity index (χ3n) is 5.95. The first-order valence-corrected chi connectivity index (χ1v) is 13.0. The van der Waals surface area contributed by atoms with Crippen LogP contribution < -0.4 is 15.5 Å². The maximum absolute atomic E-state index is 12.5. The van der Waals surface area contributed by atoms with Gasteiger partial charge in [0, 0.05) is 35.9 Å². The fourth-order valence-electron chi connectivity index (χ4n) is 4.15. The quantitative estimate of drug-likeness (QED) is 0.511. The van der Waals surface area contributed by atoms with Crippen molar-refractivity contribution in [2.45, 2.75) is 52.2 Å². The molecule has 3 aromatic rings. The molecule has 0 saturated carbocycles. The van der Waals surface area contributed by atoms with E-state index in [0.717, 1.165) is 35.6 Å². The number of carbonyl (C=O) groups is 2. The summed E-state index contributed by atoms with van der Waals surface area (Å²) in [7, 11) is 0. The van der Waals surface area contributed by atoms with Gasteiger partial charge in [0.15, 0.2) is 5.13 Å². The molecule has 1 aliphatic rings. The number of pyridine rings is 1. The van der Waals surface area contributed by atoms with Crippen LogP contribution in [0.15, 0.2) is 48.0 Å². The van der Waals surface area contributed by atoms with Crippen molar-refractivity contribution in [2.24, 2.45) is 0 Å². The number of rotatable bonds is 6. The molecule has 2 aromatic heterocycles. The van der Waals surface area contributed by atoms with Crippen LogP contribution in [0.5, 0.6) is 0 Å². The van der Waals surface area contributed by atoms with Crippen molar-refractivity contribution in [3.8, 4) is 11.3 Å². The molecule has 4 rings (SSSR count). The van der Waals surface area contributed by atoms with Crippen LogP contribution in [0.1, 0.15) is 50.7 Å². The third kappa shape index (κ3) is 6.47. The van der Waals surface area contributed by atoms with Gasteiger partial charge in [-0.05, 0) is 49.1 Å². The number of amides is 2. The number of carbonyl (C=O) groups excluding carboxylic acids is 2. The second-order valence-electron chi connectivity index (χ2n) is 10.2. The van der Waals surface area contributed by atoms with Crippen LogP contribution in [0.2, 0.25) is 0 Å². The van der Waals surface area contributed by atoms with E-state index in [0.29, 0.717) is 5.13 Å². The highest BCUT2D eigenvalue weighted by Crippen LogP contribution is 2.29. The fraction of sp³-hybridized carbons (Fsp3) is 0.407. The second-order valence-corrected chi connectivity index (χ2v) is 11.0. The lowest BCUT2D eigenvalue weighted by atomic mass is 9.87. The summed E-state index contributed by atoms with van der Waals surface area (Å²) in [5.74, 6) is -0.735. The van der Waals surface area contributed by atoms with E-state index in [4.69, 9.17) is 4.74 Å². The number of morpholine rings is 1. The van der Waals surface area contributed by atoms with Crippen molar-refractivity contribution < 1.29 is 14.3 Å². The highest BCUT2D eigenvalue weighted by Gasteiger charge is 2.23. The average Bonchev–Trinajstić information content (AvgIpc) is 3.30. The molecule has 8 nitrogen and oxygen atoms in total. The van der Waals surface area contributed by atoms with Gasteiger partial charge < -0.3 is 20.3 Å². The Kier molecular flexibility index (Phi) is 7.70. The Morgan fingerprint density at radius 1 is 1.14 bits per heavy atom. The summed E-state index contributed by atoms with van der Waals surface area (Å²) in [5, 5.41) is 7.80. The molecule has 1 aromatic carbocycles. The highest BCUT2D eigenvalue weighted by molar-refractivity contribution is 7.14. The second kappa shape index (κ2) is 10.8. The normalized spacial score (nSPS) is 18.1. The smallest absolute Gasteiger partial charge is 0.270 e. The molecule has 9 heteroatoms. The van der Waals surface area contributed by atoms with Gasteiger partial charge >= 0.3 is 0 Å². The lowest BCUT2D eigenvalue weighted by Crippen LogP contribution is -2.45. The molecule has 0 radical (unpaired) electrons. The van der Waals surface area contributed by atoms with Crippen LogP contribution in [-0.4, -0.2) is 53.6 Å². The van der Waals surface area contributed by atoms with E-state index in [9.17, 15) is 9.59 Å². The number of aromatic nitrogens is 2. The van der Waals surface area contributed by atoms with Crippen LogP contribution in [0, 0.1) is 0 Å². The summed E-state index contributed by atoms with van der Waals surface area (Å²) in [4.78, 5) is 36.0. The number of hydrogen-bond acceptors (Lipinski definition) is 7. The molecule has 1 fully saturated rings. The lowest BCUT2D eigenvalue weighted by Gasteiger charge is -2.37. The first kappa shape index (κ1) is 25.8. The van der Waals surface area contributed by atoms with Gasteiger partial charge in [-0.1, -0.05) is 32.9 Å². The molecule has 190 valence electrons. The van der Waals surface area contributed by atoms with Gasteiger partial charge in [0.2, 0.25) is 5.91 Å². The van der Waals surface area contributed by atoms with Crippen molar-refractivity contribution >= 4 is 34.0 Å². The number of hydrogen-bond donors (Lipinski definition) is 2. The van der Waals surface area contributed by atoms with Crippen LogP contribution in [0.25, 0.3) is 11.3 Å². The molecule has 36 heavy (non-hydrogen) atoms. The Labute approximate surface area is 216 Å². The van der Waals surface area contributed by atoms with Gasteiger partial charge in [-0.25, -0.2) is 4.98 Å². The first-order valence-electron chi connectivity index (χ1n) is 12.1. The lowest BCUT2D eigenvalue weighted by molar-refractivity contribution is -0.115. The van der Waals surface area contributed by atoms with E-state index in [1.807, 2.05) is 23.6 Å². The molecular weight excluding hydrogens is 474 g/mol. The summed E-state index contributed by atoms with van der Waals surface area (Å²) in [6.07, 6.45) is 1.97. The summed E-state index contributed by atoms with van der Waals surface area (Å²) in [6, 6.07) is 11.9. The molecule has 0 aliphatic carbocycles. The van der Waals surface area contributed by atoms with Crippen molar-refractivity contribution in [3.63, 3.8) is 0 Å². The summed E-state index contributed by atoms with van der Waals surface area (Å²) < 4.78 is 5.85. The van der Waals surface area contributed by atoms with Crippen LogP contribution in [-0.2, 0) is 14.9 Å². The monoisotopic (exact) mass is 507 g/mol. The average molecular weight is 508 g/mol. The van der Waals surface area contributed by atoms with E-state index in [1.54, 1.807) is 12.3 Å². The zero-order chi connectivity index (χ0) is 25.9. The van der Waals surface area contributed by atoms with Crippen LogP contribution in [0.3, 0.4) is 0 Å². The Morgan fingerprint density at radius 3 is 2.61 bits per heavy atom. The fourth-order valence-corrected chi connectivity index (χ4v) is 4.89. The van der Waals surface area contributed by atoms with Gasteiger partial charge in [-0.15, -0.1) is 11.3 Å². The Bertz CT molecular complexity index is 1230. The van der Waals surface area contributed by atoms with E-state index in [1.165, 1.54) is 11.3 Å². The SMILES string of the molecule is C[C@@H]1CN(c2cccc(-c3csc(NC(=O)CNC(=O)c4cc(C(C)(C)C)ccn4)n3)c2)C[C@H](C)O1. The van der Waals surface area contributed by atoms with E-state index in [-0.39, 0.29) is 41.7 Å². The largest absolute Gasteiger partial charge is 0.372 e. The van der Waals surface area contributed by atoms with Crippen molar-refractivity contribution in [1.29, 1.82) is 0 Å². The number of benzene rings is 1. The number of ether oxygens (including phenoxy) is 1. The molecule has 0 bridgehead atoms. The molecule has 0 unspecified atom stereocenters. The molecule has 2 N–H and O–H groups in total. The Hall–Kier alpha value is -3.30. The van der Waals surface area contributed by atoms with Crippen molar-refractivity contribution in [3.05, 3.63) is 59.2 Å². The maximum Gasteiger partial charge on any atom is 0.270 e. The Morgan fingerprint density at radius 2 is 1.89 bits per heavy atom. The molecule has 1 aliphatic heterocycles. The standard InChI is InChI=1S/C27H33N5O3S/c1-17-14-32(15-18(2)35-17)21-8-6-7-19(11-21)23-16-36-26(30-23)31-24(33)13-29-25(34)22-12-20(9-10-28-22)27(3,4)5/h6-12,16-18H,13-15H2,1-5H3,(H,29,34)(H,30,31,33)/t17-,18+. The summed E-state index contributed by atoms with van der Waals surface area (Å²) in [6.45, 7) is 11.9. The maximum atomic E-state index is 12.5. The van der Waals surface area contributed by atoms with E-state index < -0.39 is 0 Å². The van der Waals surface area contributed by atoms with Gasteiger partial charge in [0.25, 0.3) is 5.91 Å². The number of nitrogens with one attached hydrogen (secondary N) is 2. The van der Waals surface area contributed by atoms with Crippen molar-refractivity contribution in [1.82, 2.24) is 15.3 Å². The van der Waals surface area contributed by atoms with Crippen molar-refractivity contribution in [2.75, 3.05) is 29.9 Å². The predicted octanol–water partition coefficient (Wildman–Crippen LogP) is 4.48. The van der Waals surface area contributed by atoms with E-state index in [2.05, 4.69) is 72.3 Å². The minimum absolute atomic E-state index is 0.101. The highest BCUT2D eigenvalue weighted by atomic mass is 32.1. The molecule has 1 saturated heterocycles. The first-order chi connectivity index (χ1) is 17.1. The molecule has 3 heterocycles. The minimum atomic E-state index is -0.389. The number of anilines is 2. The zero-order valence-corrected chi connectivity index (χ0v) is 22.2. The minimum Gasteiger partial charge on any atom is -0.372 e. The number of nitrogens with zero attached hydrogens (tertiary/aromatic N) is 3. The summed E-state index contributed by atoms with van der Waals surface area (Å²) in [5.41, 5.74) is 4.09. The van der Waals surface area contributed by atoms with Gasteiger partial charge in [0.1, 0.15) is 5.69 Å². The van der Waals surface area contributed by atoms with Crippen LogP contribution in [0.4, 0.5) is 10.8 Å². The summed E-state index contributed by atoms with van der Waals surface area (Å²) >= 11 is 1.35. The predicted molar refractivity (Wildman–Crippen MR) is 144 cm³/mol. The van der Waals surface area contributed by atoms with Gasteiger partial charge in [-0.3, -0.25) is 14.6 Å². The zero-order valence-electron chi connectivity index (χ0n) is 21.4. The molecule has 2 amide bonds. The van der Waals surface area contributed by atoms with Gasteiger partial charge in [0.05, 0.1) is 24.4 Å². The molecule has 0 spiro atoms. The van der Waals surface area contributed by atoms with Crippen LogP contribution >= 0.6 is 11.3 Å². The molecular formula is C27H33N5O3S. The molecule has 2 atom stereocenters. The third-order valence-corrected chi connectivity index (χ3v) is 6.70.